The Morgan fingerprint density at radius 2 is 1.74 bits per heavy atom. The number of benzene rings is 3. The van der Waals surface area contributed by atoms with Crippen molar-refractivity contribution in [3.8, 4) is 0 Å². The molecule has 22 heteroatoms. The SMILES string of the molecule is Cc1ccc2c(c1)CCN(C(=O)[C@@H](NC(=O)[C@H](CCCC(=O)O)NC(=O)C1Cc3ccccc3N1)C(C)C)[C@]2(S)C(=O)N[C@@](S)(C(=O)Nc1ccc2c(C(F)(F)F)cc(=O)oc2c1)C(C=O)CO. The van der Waals surface area contributed by atoms with Gasteiger partial charge < -0.3 is 50.9 Å². The van der Waals surface area contributed by atoms with Crippen LogP contribution >= 0.6 is 25.3 Å². The minimum absolute atomic E-state index is 0.0144. The smallest absolute Gasteiger partial charge is 0.417 e. The lowest BCUT2D eigenvalue weighted by Crippen LogP contribution is -2.67. The normalized spacial score (nSPS) is 18.7. The molecule has 2 aliphatic rings. The lowest BCUT2D eigenvalue weighted by Gasteiger charge is -2.47. The predicted molar refractivity (Wildman–Crippen MR) is 248 cm³/mol. The molecule has 0 saturated heterocycles. The van der Waals surface area contributed by atoms with Gasteiger partial charge >= 0.3 is 17.8 Å². The number of aliphatic hydroxyl groups excluding tert-OH is 1. The zero-order valence-electron chi connectivity index (χ0n) is 36.8. The Bertz CT molecular complexity index is 2690. The maximum atomic E-state index is 15.0. The molecule has 3 aromatic carbocycles. The molecule has 3 heterocycles. The molecule has 7 N–H and O–H groups in total. The van der Waals surface area contributed by atoms with Gasteiger partial charge in [-0.05, 0) is 61.4 Å². The Morgan fingerprint density at radius 1 is 1.01 bits per heavy atom. The van der Waals surface area contributed by atoms with Gasteiger partial charge in [0.05, 0.1) is 18.1 Å². The number of hydrogen-bond acceptors (Lipinski definition) is 13. The Kier molecular flexibility index (Phi) is 15.3. The average molecular weight is 983 g/mol. The summed E-state index contributed by atoms with van der Waals surface area (Å²) in [5.41, 5.74) is -0.360. The molecular formula is C46H49F3N6O11S2. The number of aliphatic carboxylic acids is 1. The van der Waals surface area contributed by atoms with E-state index in [1.807, 2.05) is 12.1 Å². The third-order valence-corrected chi connectivity index (χ3v) is 13.2. The van der Waals surface area contributed by atoms with Gasteiger partial charge in [-0.2, -0.15) is 13.2 Å². The van der Waals surface area contributed by atoms with Crippen LogP contribution in [0.2, 0.25) is 0 Å². The van der Waals surface area contributed by atoms with Crippen molar-refractivity contribution < 1.29 is 61.4 Å². The van der Waals surface area contributed by atoms with Gasteiger partial charge in [-0.1, -0.05) is 55.8 Å². The summed E-state index contributed by atoms with van der Waals surface area (Å²) < 4.78 is 46.2. The van der Waals surface area contributed by atoms with Crippen LogP contribution in [0, 0.1) is 18.8 Å². The number of amides is 5. The first-order chi connectivity index (χ1) is 32.0. The molecule has 0 bridgehead atoms. The van der Waals surface area contributed by atoms with E-state index < -0.39 is 110 Å². The van der Waals surface area contributed by atoms with Crippen LogP contribution in [0.1, 0.15) is 60.9 Å². The van der Waals surface area contributed by atoms with Crippen LogP contribution in [0.15, 0.2) is 75.9 Å². The van der Waals surface area contributed by atoms with Crippen molar-refractivity contribution in [1.29, 1.82) is 0 Å². The highest BCUT2D eigenvalue weighted by Gasteiger charge is 2.54. The van der Waals surface area contributed by atoms with Crippen molar-refractivity contribution in [1.82, 2.24) is 20.9 Å². The fraction of sp³-hybridized carbons (Fsp3) is 0.391. The number of aliphatic hydroxyl groups is 1. The number of hydrogen-bond donors (Lipinski definition) is 9. The highest BCUT2D eigenvalue weighted by molar-refractivity contribution is 7.83. The van der Waals surface area contributed by atoms with Crippen molar-refractivity contribution in [3.05, 3.63) is 105 Å². The second-order valence-electron chi connectivity index (χ2n) is 17.0. The Balaban J connectivity index is 1.31. The number of carbonyl (C=O) groups excluding carboxylic acids is 6. The molecule has 2 aliphatic heterocycles. The van der Waals surface area contributed by atoms with Crippen molar-refractivity contribution in [2.45, 2.75) is 86.9 Å². The molecule has 0 radical (unpaired) electrons. The number of aldehydes is 1. The quantitative estimate of drug-likeness (QED) is 0.0318. The van der Waals surface area contributed by atoms with Gasteiger partial charge in [-0.3, -0.25) is 28.8 Å². The van der Waals surface area contributed by atoms with Gasteiger partial charge in [-0.15, -0.1) is 25.3 Å². The number of nitrogens with one attached hydrogen (secondary N) is 5. The molecule has 0 fully saturated rings. The number of carboxylic acid groups (broad SMARTS) is 1. The van der Waals surface area contributed by atoms with E-state index >= 15 is 4.79 Å². The highest BCUT2D eigenvalue weighted by atomic mass is 32.1. The number of nitrogens with zero attached hydrogens (tertiary/aromatic N) is 1. The van der Waals surface area contributed by atoms with Crippen LogP contribution in [0.3, 0.4) is 0 Å². The summed E-state index contributed by atoms with van der Waals surface area (Å²) in [6.45, 7) is 3.75. The minimum atomic E-state index is -4.94. The molecule has 6 rings (SSSR count). The molecule has 0 saturated carbocycles. The Morgan fingerprint density at radius 3 is 2.38 bits per heavy atom. The van der Waals surface area contributed by atoms with Gasteiger partial charge in [0.2, 0.25) is 17.7 Å². The third kappa shape index (κ3) is 10.7. The molecular weight excluding hydrogens is 934 g/mol. The van der Waals surface area contributed by atoms with Crippen LogP contribution in [0.25, 0.3) is 11.0 Å². The Labute approximate surface area is 397 Å². The van der Waals surface area contributed by atoms with Gasteiger partial charge in [-0.25, -0.2) is 4.79 Å². The summed E-state index contributed by atoms with van der Waals surface area (Å²) in [6, 6.07) is 11.9. The van der Waals surface area contributed by atoms with Crippen molar-refractivity contribution in [2.75, 3.05) is 23.8 Å². The summed E-state index contributed by atoms with van der Waals surface area (Å²) in [4.78, 5) is 104. The molecule has 4 aromatic rings. The number of carboxylic acids is 1. The maximum Gasteiger partial charge on any atom is 0.417 e. The number of halogens is 3. The lowest BCUT2D eigenvalue weighted by atomic mass is 9.88. The predicted octanol–water partition coefficient (Wildman–Crippen LogP) is 3.69. The molecule has 0 aliphatic carbocycles. The number of alkyl halides is 3. The number of aryl methyl sites for hydroxylation is 1. The summed E-state index contributed by atoms with van der Waals surface area (Å²) in [6.07, 6.45) is -4.77. The number of fused-ring (bicyclic) bond motifs is 3. The van der Waals surface area contributed by atoms with Crippen LogP contribution in [-0.2, 0) is 57.5 Å². The van der Waals surface area contributed by atoms with Gasteiger partial charge in [0.25, 0.3) is 11.8 Å². The van der Waals surface area contributed by atoms with E-state index in [1.165, 1.54) is 6.07 Å². The molecule has 5 amide bonds. The molecule has 17 nitrogen and oxygen atoms in total. The first kappa shape index (κ1) is 51.0. The number of anilines is 2. The highest BCUT2D eigenvalue weighted by Crippen LogP contribution is 2.42. The summed E-state index contributed by atoms with van der Waals surface area (Å²) in [5, 5.41) is 32.4. The molecule has 6 atom stereocenters. The standard InChI is InChI=1S/C46H49F3N6O11S2/c1-23(2)38(53-39(61)33(9-6-10-36(58)59)52-40(62)34-18-26-7-4-5-8-32(26)51-34)41(63)55-16-15-25-17-24(3)11-14-30(25)45(55,68)43(65)54-44(67,27(21-56)22-57)42(64)50-28-12-13-29-31(46(47,48)49)20-37(60)66-35(29)19-28/h4-5,7-8,11-14,17,19-21,23,27,33-34,38,51,57,67-68H,6,9-10,15-16,18,22H2,1-3H3,(H,50,64)(H,52,62)(H,53,61)(H,54,65)(H,58,59)/t27?,33-,34?,38-,44-,45+/m0/s1. The number of para-hydroxylation sites is 1. The monoisotopic (exact) mass is 982 g/mol. The van der Waals surface area contributed by atoms with Crippen molar-refractivity contribution in [3.63, 3.8) is 0 Å². The lowest BCUT2D eigenvalue weighted by molar-refractivity contribution is -0.148. The fourth-order valence-electron chi connectivity index (χ4n) is 8.27. The van der Waals surface area contributed by atoms with Gasteiger partial charge in [0, 0.05) is 53.8 Å². The van der Waals surface area contributed by atoms with Crippen LogP contribution < -0.4 is 32.2 Å². The molecule has 1 aromatic heterocycles. The van der Waals surface area contributed by atoms with Crippen LogP contribution in [-0.4, -0.2) is 93.1 Å². The summed E-state index contributed by atoms with van der Waals surface area (Å²) in [5.74, 6) is -8.32. The largest absolute Gasteiger partial charge is 0.481 e. The van der Waals surface area contributed by atoms with E-state index in [0.717, 1.165) is 39.9 Å². The van der Waals surface area contributed by atoms with Crippen molar-refractivity contribution in [2.24, 2.45) is 11.8 Å². The molecule has 362 valence electrons. The summed E-state index contributed by atoms with van der Waals surface area (Å²) in [7, 11) is 0. The number of carbonyl (C=O) groups is 7. The van der Waals surface area contributed by atoms with Gasteiger partial charge in [0.15, 0.2) is 9.74 Å². The van der Waals surface area contributed by atoms with Crippen LogP contribution in [0.5, 0.6) is 0 Å². The number of rotatable bonds is 17. The Hall–Kier alpha value is -6.39. The molecule has 68 heavy (non-hydrogen) atoms. The van der Waals surface area contributed by atoms with Gasteiger partial charge in [0.1, 0.15) is 30.0 Å². The van der Waals surface area contributed by atoms with E-state index in [-0.39, 0.29) is 55.8 Å². The van der Waals surface area contributed by atoms with E-state index in [2.05, 4.69) is 39.2 Å². The number of thiol groups is 2. The topological polar surface area (TPSA) is 254 Å². The van der Waals surface area contributed by atoms with E-state index in [9.17, 15) is 56.9 Å². The second kappa shape index (κ2) is 20.5. The molecule has 0 spiro atoms. The molecule has 2 unspecified atom stereocenters. The average Bonchev–Trinajstić information content (AvgIpc) is 3.72. The first-order valence-corrected chi connectivity index (χ1v) is 22.3. The van der Waals surface area contributed by atoms with Crippen molar-refractivity contribution >= 4 is 89.4 Å². The minimum Gasteiger partial charge on any atom is -0.481 e. The maximum absolute atomic E-state index is 15.0. The van der Waals surface area contributed by atoms with E-state index in [4.69, 9.17) is 17.0 Å². The first-order valence-electron chi connectivity index (χ1n) is 21.4. The zero-order chi connectivity index (χ0) is 49.9. The van der Waals surface area contributed by atoms with Crippen LogP contribution in [0.4, 0.5) is 24.5 Å². The third-order valence-electron chi connectivity index (χ3n) is 11.9. The zero-order valence-corrected chi connectivity index (χ0v) is 38.6. The second-order valence-corrected chi connectivity index (χ2v) is 18.3. The van der Waals surface area contributed by atoms with E-state index in [0.29, 0.717) is 12.0 Å². The fourth-order valence-corrected chi connectivity index (χ4v) is 9.04. The summed E-state index contributed by atoms with van der Waals surface area (Å²) >= 11 is 9.30. The van der Waals surface area contributed by atoms with E-state index in [1.54, 1.807) is 45.0 Å².